The molecule has 0 spiro atoms. The summed E-state index contributed by atoms with van der Waals surface area (Å²) in [4.78, 5) is 21.3. The largest absolute Gasteiger partial charge is 0.433 e. The van der Waals surface area contributed by atoms with Crippen LogP contribution < -0.4 is 5.56 Å². The molecule has 0 aliphatic carbocycles. The number of H-pyrrole nitrogens is 1. The van der Waals surface area contributed by atoms with Gasteiger partial charge in [-0.15, -0.1) is 0 Å². The molecule has 0 atom stereocenters. The summed E-state index contributed by atoms with van der Waals surface area (Å²) in [5.41, 5.74) is -0.181. The highest BCUT2D eigenvalue weighted by molar-refractivity contribution is 7.98. The smallest absolute Gasteiger partial charge is 0.338 e. The van der Waals surface area contributed by atoms with Crippen molar-refractivity contribution in [3.63, 3.8) is 0 Å². The van der Waals surface area contributed by atoms with E-state index in [1.54, 1.807) is 0 Å². The van der Waals surface area contributed by atoms with E-state index in [9.17, 15) is 18.0 Å². The summed E-state index contributed by atoms with van der Waals surface area (Å²) in [5.74, 6) is 0.652. The van der Waals surface area contributed by atoms with E-state index in [-0.39, 0.29) is 22.2 Å². The van der Waals surface area contributed by atoms with E-state index < -0.39 is 17.4 Å². The highest BCUT2D eigenvalue weighted by Crippen LogP contribution is 2.29. The summed E-state index contributed by atoms with van der Waals surface area (Å²) in [6.07, 6.45) is -4.69. The van der Waals surface area contributed by atoms with Crippen LogP contribution in [0.3, 0.4) is 0 Å². The number of benzene rings is 1. The third kappa shape index (κ3) is 4.80. The Balaban J connectivity index is 1.72. The van der Waals surface area contributed by atoms with Crippen molar-refractivity contribution >= 4 is 11.8 Å². The second-order valence-electron chi connectivity index (χ2n) is 7.06. The number of nitrogens with one attached hydrogen (secondary N) is 1. The van der Waals surface area contributed by atoms with E-state index in [0.717, 1.165) is 22.9 Å². The molecular formula is C18H17F3N4O2S. The molecule has 1 aromatic carbocycles. The first-order valence-corrected chi connectivity index (χ1v) is 9.26. The molecule has 2 heterocycles. The molecule has 2 aromatic heterocycles. The lowest BCUT2D eigenvalue weighted by Gasteiger charge is -2.18. The fraction of sp³-hybridized carbons (Fsp3) is 0.333. The number of hydrogen-bond donors (Lipinski definition) is 1. The molecule has 0 unspecified atom stereocenters. The summed E-state index contributed by atoms with van der Waals surface area (Å²) >= 11 is 0.869. The molecule has 28 heavy (non-hydrogen) atoms. The Morgan fingerprint density at radius 1 is 1.11 bits per heavy atom. The van der Waals surface area contributed by atoms with E-state index in [1.165, 1.54) is 0 Å². The van der Waals surface area contributed by atoms with Gasteiger partial charge in [-0.1, -0.05) is 62.0 Å². The number of aromatic amines is 1. The van der Waals surface area contributed by atoms with Crippen molar-refractivity contribution in [2.24, 2.45) is 0 Å². The number of hydrogen-bond acceptors (Lipinski definition) is 6. The van der Waals surface area contributed by atoms with Crippen molar-refractivity contribution in [2.75, 3.05) is 0 Å². The van der Waals surface area contributed by atoms with Crippen LogP contribution in [0.1, 0.15) is 37.9 Å². The van der Waals surface area contributed by atoms with Crippen LogP contribution in [0, 0.1) is 0 Å². The lowest BCUT2D eigenvalue weighted by Crippen LogP contribution is -2.16. The number of aromatic nitrogens is 4. The molecule has 3 rings (SSSR count). The number of thioether (sulfide) groups is 1. The monoisotopic (exact) mass is 410 g/mol. The molecule has 3 aromatic rings. The Kier molecular flexibility index (Phi) is 5.33. The summed E-state index contributed by atoms with van der Waals surface area (Å²) in [5, 5.41) is 3.72. The van der Waals surface area contributed by atoms with Crippen molar-refractivity contribution in [1.29, 1.82) is 0 Å². The maximum Gasteiger partial charge on any atom is 0.433 e. The molecule has 10 heteroatoms. The SMILES string of the molecule is CC(C)(C)c1ccc(-c2noc(CSc3nc(C(F)(F)F)cc(=O)[nH]3)n2)cc1. The maximum absolute atomic E-state index is 12.7. The van der Waals surface area contributed by atoms with E-state index >= 15 is 0 Å². The average Bonchev–Trinajstić information content (AvgIpc) is 3.07. The van der Waals surface area contributed by atoms with E-state index in [4.69, 9.17) is 4.52 Å². The third-order valence-corrected chi connectivity index (χ3v) is 4.68. The van der Waals surface area contributed by atoms with Crippen molar-refractivity contribution in [1.82, 2.24) is 20.1 Å². The van der Waals surface area contributed by atoms with Crippen LogP contribution in [0.15, 0.2) is 44.8 Å². The quantitative estimate of drug-likeness (QED) is 0.506. The first kappa shape index (κ1) is 20.1. The van der Waals surface area contributed by atoms with Gasteiger partial charge in [0.25, 0.3) is 5.56 Å². The number of nitrogens with zero attached hydrogens (tertiary/aromatic N) is 3. The standard InChI is InChI=1S/C18H17F3N4O2S/c1-17(2,3)11-6-4-10(5-7-11)15-24-14(27-25-15)9-28-16-22-12(18(19,20)21)8-13(26)23-16/h4-8H,9H2,1-3H3,(H,22,23,26). The molecular weight excluding hydrogens is 393 g/mol. The van der Waals surface area contributed by atoms with Gasteiger partial charge in [-0.05, 0) is 11.0 Å². The maximum atomic E-state index is 12.7. The van der Waals surface area contributed by atoms with E-state index in [1.807, 2.05) is 24.3 Å². The molecule has 1 N–H and O–H groups in total. The zero-order valence-electron chi connectivity index (χ0n) is 15.3. The number of rotatable bonds is 4. The number of halogens is 3. The van der Waals surface area contributed by atoms with Crippen LogP contribution in [0.5, 0.6) is 0 Å². The Labute approximate surface area is 162 Å². The Morgan fingerprint density at radius 2 is 1.79 bits per heavy atom. The molecule has 0 radical (unpaired) electrons. The van der Waals surface area contributed by atoms with Crippen LogP contribution in [-0.4, -0.2) is 20.1 Å². The minimum atomic E-state index is -4.69. The van der Waals surface area contributed by atoms with E-state index in [0.29, 0.717) is 11.9 Å². The third-order valence-electron chi connectivity index (χ3n) is 3.82. The molecule has 0 fully saturated rings. The van der Waals surface area contributed by atoms with E-state index in [2.05, 4.69) is 40.9 Å². The average molecular weight is 410 g/mol. The fourth-order valence-corrected chi connectivity index (χ4v) is 3.04. The first-order valence-electron chi connectivity index (χ1n) is 8.27. The van der Waals surface area contributed by atoms with Crippen LogP contribution in [0.4, 0.5) is 13.2 Å². The van der Waals surface area contributed by atoms with Gasteiger partial charge in [-0.25, -0.2) is 4.98 Å². The molecule has 0 aliphatic rings. The van der Waals surface area contributed by atoms with Gasteiger partial charge in [0, 0.05) is 11.6 Å². The van der Waals surface area contributed by atoms with Gasteiger partial charge < -0.3 is 9.51 Å². The second-order valence-corrected chi connectivity index (χ2v) is 8.03. The summed E-state index contributed by atoms with van der Waals surface area (Å²) < 4.78 is 43.4. The minimum Gasteiger partial charge on any atom is -0.338 e. The van der Waals surface area contributed by atoms with Crippen LogP contribution in [-0.2, 0) is 17.3 Å². The van der Waals surface area contributed by atoms with Crippen molar-refractivity contribution in [2.45, 2.75) is 43.3 Å². The Morgan fingerprint density at radius 3 is 2.39 bits per heavy atom. The normalized spacial score (nSPS) is 12.4. The lowest BCUT2D eigenvalue weighted by molar-refractivity contribution is -0.141. The highest BCUT2D eigenvalue weighted by Gasteiger charge is 2.33. The lowest BCUT2D eigenvalue weighted by atomic mass is 9.87. The minimum absolute atomic E-state index is 0.0203. The molecule has 0 aliphatic heterocycles. The topological polar surface area (TPSA) is 84.7 Å². The predicted molar refractivity (Wildman–Crippen MR) is 97.9 cm³/mol. The summed E-state index contributed by atoms with van der Waals surface area (Å²) in [6, 6.07) is 8.15. The Bertz CT molecular complexity index is 1020. The van der Waals surface area contributed by atoms with Gasteiger partial charge in [0.1, 0.15) is 0 Å². The Hall–Kier alpha value is -2.62. The molecule has 6 nitrogen and oxygen atoms in total. The molecule has 148 valence electrons. The van der Waals surface area contributed by atoms with Gasteiger partial charge in [0.05, 0.1) is 5.75 Å². The zero-order valence-corrected chi connectivity index (χ0v) is 16.1. The molecule has 0 saturated heterocycles. The summed E-state index contributed by atoms with van der Waals surface area (Å²) in [6.45, 7) is 6.33. The molecule has 0 amide bonds. The van der Waals surface area contributed by atoms with Gasteiger partial charge >= 0.3 is 6.18 Å². The fourth-order valence-electron chi connectivity index (χ4n) is 2.33. The zero-order chi connectivity index (χ0) is 20.5. The van der Waals surface area contributed by atoms with Gasteiger partial charge in [0.15, 0.2) is 10.9 Å². The molecule has 0 bridgehead atoms. The van der Waals surface area contributed by atoms with Gasteiger partial charge in [0.2, 0.25) is 11.7 Å². The van der Waals surface area contributed by atoms with Crippen molar-refractivity contribution in [3.8, 4) is 11.4 Å². The first-order chi connectivity index (χ1) is 13.0. The summed E-state index contributed by atoms with van der Waals surface area (Å²) in [7, 11) is 0. The van der Waals surface area contributed by atoms with Crippen molar-refractivity contribution in [3.05, 3.63) is 57.8 Å². The highest BCUT2D eigenvalue weighted by atomic mass is 32.2. The van der Waals surface area contributed by atoms with Crippen LogP contribution in [0.25, 0.3) is 11.4 Å². The molecule has 0 saturated carbocycles. The van der Waals surface area contributed by atoms with Gasteiger partial charge in [-0.3, -0.25) is 4.79 Å². The van der Waals surface area contributed by atoms with Crippen molar-refractivity contribution < 1.29 is 17.7 Å². The van der Waals surface area contributed by atoms with Crippen LogP contribution >= 0.6 is 11.8 Å². The van der Waals surface area contributed by atoms with Crippen LogP contribution in [0.2, 0.25) is 0 Å². The second kappa shape index (κ2) is 7.42. The predicted octanol–water partition coefficient (Wildman–Crippen LogP) is 4.43. The van der Waals surface area contributed by atoms with Gasteiger partial charge in [-0.2, -0.15) is 18.2 Å². The number of alkyl halides is 3.